The second-order valence-corrected chi connectivity index (χ2v) is 8.20. The number of benzene rings is 1. The molecule has 10 nitrogen and oxygen atoms in total. The molecule has 3 heterocycles. The Bertz CT molecular complexity index is 1280. The Labute approximate surface area is 183 Å². The first-order chi connectivity index (χ1) is 15.3. The molecule has 1 atom stereocenters. The lowest BCUT2D eigenvalue weighted by atomic mass is 10.2. The number of nitrogens with zero attached hydrogens (tertiary/aromatic N) is 2. The van der Waals surface area contributed by atoms with E-state index < -0.39 is 29.6 Å². The van der Waals surface area contributed by atoms with Crippen molar-refractivity contribution in [1.82, 2.24) is 19.8 Å². The largest absolute Gasteiger partial charge is 0.449 e. The molecule has 1 saturated heterocycles. The maximum absolute atomic E-state index is 13.3. The zero-order valence-corrected chi connectivity index (χ0v) is 18.1. The van der Waals surface area contributed by atoms with Gasteiger partial charge in [0.25, 0.3) is 5.56 Å². The number of aromatic nitrogens is 2. The van der Waals surface area contributed by atoms with Gasteiger partial charge in [0.1, 0.15) is 24.2 Å². The Morgan fingerprint density at radius 1 is 1.12 bits per heavy atom. The van der Waals surface area contributed by atoms with Crippen molar-refractivity contribution in [3.05, 3.63) is 45.1 Å². The molecule has 0 spiro atoms. The number of hydrogen-bond donors (Lipinski definition) is 2. The molecule has 1 unspecified atom stereocenters. The average molecular weight is 442 g/mol. The topological polar surface area (TPSA) is 125 Å². The van der Waals surface area contributed by atoms with E-state index in [1.807, 2.05) is 0 Å². The summed E-state index contributed by atoms with van der Waals surface area (Å²) < 4.78 is 13.2. The van der Waals surface area contributed by atoms with Gasteiger partial charge in [0, 0.05) is 24.6 Å². The first kappa shape index (κ1) is 21.8. The van der Waals surface area contributed by atoms with Crippen LogP contribution in [0.3, 0.4) is 0 Å². The van der Waals surface area contributed by atoms with E-state index in [0.717, 1.165) is 17.4 Å². The summed E-state index contributed by atoms with van der Waals surface area (Å²) in [5.41, 5.74) is -0.883. The smallest absolute Gasteiger partial charge is 0.332 e. The van der Waals surface area contributed by atoms with Crippen molar-refractivity contribution in [3.63, 3.8) is 0 Å². The highest BCUT2D eigenvalue weighted by molar-refractivity contribution is 6.02. The van der Waals surface area contributed by atoms with Crippen LogP contribution in [0.2, 0.25) is 0 Å². The first-order valence-corrected chi connectivity index (χ1v) is 10.7. The van der Waals surface area contributed by atoms with Crippen LogP contribution in [0.15, 0.2) is 38.3 Å². The van der Waals surface area contributed by atoms with Crippen molar-refractivity contribution in [2.45, 2.75) is 51.9 Å². The van der Waals surface area contributed by atoms with Crippen LogP contribution in [0, 0.1) is 0 Å². The van der Waals surface area contributed by atoms with Crippen LogP contribution in [0.25, 0.3) is 22.1 Å². The molecule has 4 rings (SSSR count). The molecule has 0 bridgehead atoms. The Morgan fingerprint density at radius 3 is 2.59 bits per heavy atom. The summed E-state index contributed by atoms with van der Waals surface area (Å²) in [4.78, 5) is 51.2. The second-order valence-electron chi connectivity index (χ2n) is 8.20. The molecule has 1 aromatic carbocycles. The summed E-state index contributed by atoms with van der Waals surface area (Å²) in [6, 6.07) is 6.74. The average Bonchev–Trinajstić information content (AvgIpc) is 3.40. The van der Waals surface area contributed by atoms with Crippen molar-refractivity contribution in [2.24, 2.45) is 0 Å². The first-order valence-electron chi connectivity index (χ1n) is 10.7. The molecule has 2 aromatic heterocycles. The van der Waals surface area contributed by atoms with Crippen LogP contribution in [0.5, 0.6) is 0 Å². The highest BCUT2D eigenvalue weighted by atomic mass is 16.5. The minimum atomic E-state index is -0.750. The fraction of sp³-hybridized carbons (Fsp3) is 0.455. The lowest BCUT2D eigenvalue weighted by Crippen LogP contribution is -2.46. The van der Waals surface area contributed by atoms with Crippen LogP contribution in [-0.2, 0) is 27.4 Å². The Balaban J connectivity index is 1.76. The summed E-state index contributed by atoms with van der Waals surface area (Å²) in [6.45, 7) is 3.78. The zero-order chi connectivity index (χ0) is 22.8. The van der Waals surface area contributed by atoms with E-state index in [2.05, 4.69) is 10.6 Å². The third-order valence-electron chi connectivity index (χ3n) is 5.34. The Hall–Kier alpha value is -3.40. The molecule has 170 valence electrons. The summed E-state index contributed by atoms with van der Waals surface area (Å²) >= 11 is 0. The number of furan rings is 1. The standard InChI is InChI=1S/C22H26N4O6/c1-13(2)24-18(28)12-26-21(29)20-19(15-7-3-4-8-16(15)32-20)25(22(26)30)11-17(27)23-10-14-6-5-9-31-14/h3-4,7-8,13-14H,5-6,9-12H2,1-2H3,(H,23,27)(H,24,28). The van der Waals surface area contributed by atoms with Crippen LogP contribution in [-0.4, -0.2) is 46.2 Å². The molecule has 2 N–H and O–H groups in total. The van der Waals surface area contributed by atoms with Gasteiger partial charge in [-0.15, -0.1) is 0 Å². The van der Waals surface area contributed by atoms with Gasteiger partial charge in [0.15, 0.2) is 0 Å². The van der Waals surface area contributed by atoms with Crippen molar-refractivity contribution in [3.8, 4) is 0 Å². The van der Waals surface area contributed by atoms with Crippen LogP contribution in [0.1, 0.15) is 26.7 Å². The zero-order valence-electron chi connectivity index (χ0n) is 18.1. The molecule has 10 heteroatoms. The second kappa shape index (κ2) is 8.99. The number of amides is 2. The summed E-state index contributed by atoms with van der Waals surface area (Å²) in [5.74, 6) is -0.880. The van der Waals surface area contributed by atoms with Gasteiger partial charge >= 0.3 is 5.69 Å². The number of ether oxygens (including phenoxy) is 1. The van der Waals surface area contributed by atoms with Gasteiger partial charge in [-0.25, -0.2) is 9.36 Å². The van der Waals surface area contributed by atoms with Gasteiger partial charge in [0.05, 0.1) is 6.10 Å². The highest BCUT2D eigenvalue weighted by Crippen LogP contribution is 2.25. The van der Waals surface area contributed by atoms with Gasteiger partial charge < -0.3 is 19.8 Å². The Morgan fingerprint density at radius 2 is 1.88 bits per heavy atom. The van der Waals surface area contributed by atoms with Crippen LogP contribution >= 0.6 is 0 Å². The molecule has 1 aliphatic rings. The third kappa shape index (κ3) is 4.31. The molecule has 0 radical (unpaired) electrons. The molecule has 32 heavy (non-hydrogen) atoms. The number of hydrogen-bond acceptors (Lipinski definition) is 6. The minimum Gasteiger partial charge on any atom is -0.449 e. The molecule has 0 aliphatic carbocycles. The maximum Gasteiger partial charge on any atom is 0.332 e. The third-order valence-corrected chi connectivity index (χ3v) is 5.34. The van der Waals surface area contributed by atoms with Crippen LogP contribution < -0.4 is 21.9 Å². The van der Waals surface area contributed by atoms with Crippen molar-refractivity contribution in [2.75, 3.05) is 13.2 Å². The molecule has 3 aromatic rings. The lowest BCUT2D eigenvalue weighted by Gasteiger charge is -2.14. The van der Waals surface area contributed by atoms with E-state index in [0.29, 0.717) is 24.1 Å². The van der Waals surface area contributed by atoms with E-state index in [-0.39, 0.29) is 29.8 Å². The number of fused-ring (bicyclic) bond motifs is 3. The van der Waals surface area contributed by atoms with Crippen molar-refractivity contribution < 1.29 is 18.7 Å². The van der Waals surface area contributed by atoms with Crippen molar-refractivity contribution >= 4 is 33.9 Å². The summed E-state index contributed by atoms with van der Waals surface area (Å²) in [7, 11) is 0. The molecular weight excluding hydrogens is 416 g/mol. The number of rotatable bonds is 7. The van der Waals surface area contributed by atoms with Gasteiger partial charge in [-0.2, -0.15) is 0 Å². The predicted octanol–water partition coefficient (Wildman–Crippen LogP) is 0.729. The molecule has 1 aliphatic heterocycles. The van der Waals surface area contributed by atoms with E-state index in [4.69, 9.17) is 9.15 Å². The molecule has 1 fully saturated rings. The van der Waals surface area contributed by atoms with Crippen molar-refractivity contribution in [1.29, 1.82) is 0 Å². The van der Waals surface area contributed by atoms with E-state index in [1.54, 1.807) is 38.1 Å². The fourth-order valence-electron chi connectivity index (χ4n) is 3.93. The quantitative estimate of drug-likeness (QED) is 0.556. The molecular formula is C22H26N4O6. The van der Waals surface area contributed by atoms with Gasteiger partial charge in [-0.1, -0.05) is 12.1 Å². The molecule has 2 amide bonds. The Kier molecular flexibility index (Phi) is 6.13. The highest BCUT2D eigenvalue weighted by Gasteiger charge is 2.23. The number of carbonyl (C=O) groups is 2. The number of para-hydroxylation sites is 1. The fourth-order valence-corrected chi connectivity index (χ4v) is 3.93. The number of nitrogens with one attached hydrogen (secondary N) is 2. The normalized spacial score (nSPS) is 16.2. The van der Waals surface area contributed by atoms with Gasteiger partial charge in [-0.3, -0.25) is 19.0 Å². The lowest BCUT2D eigenvalue weighted by molar-refractivity contribution is -0.122. The van der Waals surface area contributed by atoms with E-state index in [1.165, 1.54) is 4.57 Å². The van der Waals surface area contributed by atoms with Crippen LogP contribution in [0.4, 0.5) is 0 Å². The minimum absolute atomic E-state index is 0.0425. The predicted molar refractivity (Wildman–Crippen MR) is 118 cm³/mol. The molecule has 0 saturated carbocycles. The summed E-state index contributed by atoms with van der Waals surface area (Å²) in [6.07, 6.45) is 1.77. The van der Waals surface area contributed by atoms with E-state index in [9.17, 15) is 19.2 Å². The van der Waals surface area contributed by atoms with Gasteiger partial charge in [-0.05, 0) is 38.8 Å². The SMILES string of the molecule is CC(C)NC(=O)Cn1c(=O)c2oc3ccccc3c2n(CC(=O)NCC2CCCO2)c1=O. The van der Waals surface area contributed by atoms with E-state index >= 15 is 0 Å². The van der Waals surface area contributed by atoms with Gasteiger partial charge in [0.2, 0.25) is 17.4 Å². The maximum atomic E-state index is 13.3. The summed E-state index contributed by atoms with van der Waals surface area (Å²) in [5, 5.41) is 5.99. The number of carbonyl (C=O) groups excluding carboxylic acids is 2. The monoisotopic (exact) mass is 442 g/mol.